The lowest BCUT2D eigenvalue weighted by Gasteiger charge is -2.34. The number of nitrogens with zero attached hydrogens (tertiary/aromatic N) is 1. The molecule has 0 aliphatic carbocycles. The summed E-state index contributed by atoms with van der Waals surface area (Å²) in [5, 5.41) is 9.85. The molecule has 4 heteroatoms. The van der Waals surface area contributed by atoms with Crippen LogP contribution in [0.3, 0.4) is 0 Å². The summed E-state index contributed by atoms with van der Waals surface area (Å²) >= 11 is 0. The minimum atomic E-state index is -0.433. The molecule has 1 amide bonds. The van der Waals surface area contributed by atoms with E-state index in [4.69, 9.17) is 4.74 Å². The van der Waals surface area contributed by atoms with Gasteiger partial charge in [0, 0.05) is 13.1 Å². The van der Waals surface area contributed by atoms with E-state index in [1.807, 2.05) is 19.1 Å². The fourth-order valence-electron chi connectivity index (χ4n) is 2.23. The van der Waals surface area contributed by atoms with Crippen LogP contribution in [0.15, 0.2) is 24.3 Å². The summed E-state index contributed by atoms with van der Waals surface area (Å²) in [5.41, 5.74) is 0.557. The highest BCUT2D eigenvalue weighted by molar-refractivity contribution is 5.97. The number of likely N-dealkylation sites (tertiary alicyclic amines) is 1. The number of amides is 1. The van der Waals surface area contributed by atoms with Gasteiger partial charge in [0.05, 0.1) is 18.8 Å². The predicted octanol–water partition coefficient (Wildman–Crippen LogP) is 1.54. The summed E-state index contributed by atoms with van der Waals surface area (Å²) in [6.07, 6.45) is 0.402. The Hall–Kier alpha value is -1.55. The molecule has 98 valence electrons. The Morgan fingerprint density at radius 2 is 2.17 bits per heavy atom. The van der Waals surface area contributed by atoms with Gasteiger partial charge in [-0.25, -0.2) is 0 Å². The summed E-state index contributed by atoms with van der Waals surface area (Å²) in [4.78, 5) is 14.1. The fraction of sp³-hybridized carbons (Fsp3) is 0.500. The topological polar surface area (TPSA) is 49.8 Å². The number of para-hydroxylation sites is 1. The summed E-state index contributed by atoms with van der Waals surface area (Å²) in [6.45, 7) is 3.10. The number of aliphatic hydroxyl groups excluding tert-OH is 1. The number of benzene rings is 1. The standard InChI is InChI=1S/C14H19NO3/c1-10-7-8-15(9-12(10)16)14(17)11-5-3-4-6-13(11)18-2/h3-6,10,12,16H,7-9H2,1-2H3. The van der Waals surface area contributed by atoms with E-state index in [2.05, 4.69) is 0 Å². The van der Waals surface area contributed by atoms with E-state index < -0.39 is 6.10 Å². The largest absolute Gasteiger partial charge is 0.496 e. The van der Waals surface area contributed by atoms with Crippen LogP contribution in [-0.2, 0) is 0 Å². The first-order valence-electron chi connectivity index (χ1n) is 6.24. The molecule has 18 heavy (non-hydrogen) atoms. The van der Waals surface area contributed by atoms with Crippen molar-refractivity contribution in [2.45, 2.75) is 19.4 Å². The third-order valence-corrected chi connectivity index (χ3v) is 3.54. The van der Waals surface area contributed by atoms with Gasteiger partial charge in [-0.2, -0.15) is 0 Å². The molecule has 0 bridgehead atoms. The Morgan fingerprint density at radius 1 is 1.44 bits per heavy atom. The molecule has 1 saturated heterocycles. The molecule has 0 radical (unpaired) electrons. The number of hydrogen-bond acceptors (Lipinski definition) is 3. The van der Waals surface area contributed by atoms with Gasteiger partial charge in [-0.05, 0) is 24.5 Å². The molecular weight excluding hydrogens is 230 g/mol. The van der Waals surface area contributed by atoms with Gasteiger partial charge in [-0.1, -0.05) is 19.1 Å². The summed E-state index contributed by atoms with van der Waals surface area (Å²) in [5.74, 6) is 0.765. The Kier molecular flexibility index (Phi) is 3.87. The summed E-state index contributed by atoms with van der Waals surface area (Å²) in [7, 11) is 1.55. The van der Waals surface area contributed by atoms with Crippen LogP contribution in [0.1, 0.15) is 23.7 Å². The average Bonchev–Trinajstić information content (AvgIpc) is 2.41. The lowest BCUT2D eigenvalue weighted by Crippen LogP contribution is -2.45. The third-order valence-electron chi connectivity index (χ3n) is 3.54. The van der Waals surface area contributed by atoms with Crippen molar-refractivity contribution in [3.8, 4) is 5.75 Å². The van der Waals surface area contributed by atoms with Crippen LogP contribution in [0.2, 0.25) is 0 Å². The molecule has 1 fully saturated rings. The number of methoxy groups -OCH3 is 1. The number of carbonyl (C=O) groups is 1. The van der Waals surface area contributed by atoms with Crippen LogP contribution >= 0.6 is 0 Å². The number of rotatable bonds is 2. The maximum atomic E-state index is 12.4. The van der Waals surface area contributed by atoms with Gasteiger partial charge in [0.25, 0.3) is 5.91 Å². The summed E-state index contributed by atoms with van der Waals surface area (Å²) < 4.78 is 5.20. The zero-order valence-corrected chi connectivity index (χ0v) is 10.8. The minimum absolute atomic E-state index is 0.0709. The van der Waals surface area contributed by atoms with Crippen molar-refractivity contribution in [2.24, 2.45) is 5.92 Å². The SMILES string of the molecule is COc1ccccc1C(=O)N1CCC(C)C(O)C1. The first-order chi connectivity index (χ1) is 8.63. The van der Waals surface area contributed by atoms with E-state index in [0.717, 1.165) is 6.42 Å². The maximum absolute atomic E-state index is 12.4. The second-order valence-electron chi connectivity index (χ2n) is 4.78. The highest BCUT2D eigenvalue weighted by Crippen LogP contribution is 2.23. The van der Waals surface area contributed by atoms with Gasteiger partial charge in [0.2, 0.25) is 0 Å². The number of aliphatic hydroxyl groups is 1. The van der Waals surface area contributed by atoms with Crippen LogP contribution < -0.4 is 4.74 Å². The third kappa shape index (κ3) is 2.48. The number of β-amino-alcohol motifs (C(OH)–C–C–N with tert-alkyl or cyclic N) is 1. The lowest BCUT2D eigenvalue weighted by atomic mass is 9.95. The maximum Gasteiger partial charge on any atom is 0.257 e. The smallest absolute Gasteiger partial charge is 0.257 e. The lowest BCUT2D eigenvalue weighted by molar-refractivity contribution is 0.0247. The fourth-order valence-corrected chi connectivity index (χ4v) is 2.23. The molecule has 2 atom stereocenters. The average molecular weight is 249 g/mol. The van der Waals surface area contributed by atoms with Gasteiger partial charge >= 0.3 is 0 Å². The molecule has 0 saturated carbocycles. The first-order valence-corrected chi connectivity index (χ1v) is 6.24. The highest BCUT2D eigenvalue weighted by atomic mass is 16.5. The molecule has 1 aliphatic heterocycles. The molecule has 2 unspecified atom stereocenters. The van der Waals surface area contributed by atoms with Crippen LogP contribution in [0.4, 0.5) is 0 Å². The molecular formula is C14H19NO3. The molecule has 0 spiro atoms. The number of ether oxygens (including phenoxy) is 1. The van der Waals surface area contributed by atoms with Gasteiger partial charge in [-0.3, -0.25) is 4.79 Å². The minimum Gasteiger partial charge on any atom is -0.496 e. The Labute approximate surface area is 107 Å². The Morgan fingerprint density at radius 3 is 2.83 bits per heavy atom. The van der Waals surface area contributed by atoms with E-state index in [9.17, 15) is 9.90 Å². The van der Waals surface area contributed by atoms with Gasteiger partial charge in [0.15, 0.2) is 0 Å². The Bertz CT molecular complexity index is 433. The molecule has 2 rings (SSSR count). The van der Waals surface area contributed by atoms with Crippen molar-refractivity contribution < 1.29 is 14.6 Å². The van der Waals surface area contributed by atoms with Crippen molar-refractivity contribution in [3.05, 3.63) is 29.8 Å². The predicted molar refractivity (Wildman–Crippen MR) is 68.7 cm³/mol. The van der Waals surface area contributed by atoms with Crippen LogP contribution in [0, 0.1) is 5.92 Å². The van der Waals surface area contributed by atoms with Gasteiger partial charge in [0.1, 0.15) is 5.75 Å². The second-order valence-corrected chi connectivity index (χ2v) is 4.78. The number of piperidine rings is 1. The van der Waals surface area contributed by atoms with Gasteiger partial charge in [-0.15, -0.1) is 0 Å². The molecule has 1 aromatic rings. The zero-order chi connectivity index (χ0) is 13.1. The van der Waals surface area contributed by atoms with E-state index >= 15 is 0 Å². The molecule has 1 aromatic carbocycles. The van der Waals surface area contributed by atoms with E-state index in [-0.39, 0.29) is 11.8 Å². The van der Waals surface area contributed by atoms with Crippen molar-refractivity contribution in [1.29, 1.82) is 0 Å². The monoisotopic (exact) mass is 249 g/mol. The van der Waals surface area contributed by atoms with E-state index in [1.54, 1.807) is 24.1 Å². The quantitative estimate of drug-likeness (QED) is 0.865. The second kappa shape index (κ2) is 5.40. The number of carbonyl (C=O) groups excluding carboxylic acids is 1. The number of hydrogen-bond donors (Lipinski definition) is 1. The first kappa shape index (κ1) is 12.9. The van der Waals surface area contributed by atoms with Crippen LogP contribution in [0.25, 0.3) is 0 Å². The van der Waals surface area contributed by atoms with Crippen LogP contribution in [0.5, 0.6) is 5.75 Å². The van der Waals surface area contributed by atoms with E-state index in [0.29, 0.717) is 24.4 Å². The molecule has 0 aromatic heterocycles. The van der Waals surface area contributed by atoms with Crippen molar-refractivity contribution in [2.75, 3.05) is 20.2 Å². The Balaban J connectivity index is 2.16. The van der Waals surface area contributed by atoms with E-state index in [1.165, 1.54) is 0 Å². The molecule has 1 heterocycles. The normalized spacial score (nSPS) is 23.8. The van der Waals surface area contributed by atoms with Crippen molar-refractivity contribution in [1.82, 2.24) is 4.90 Å². The van der Waals surface area contributed by atoms with Gasteiger partial charge < -0.3 is 14.7 Å². The van der Waals surface area contributed by atoms with Crippen LogP contribution in [-0.4, -0.2) is 42.2 Å². The summed E-state index contributed by atoms with van der Waals surface area (Å²) in [6, 6.07) is 7.18. The van der Waals surface area contributed by atoms with Crippen molar-refractivity contribution >= 4 is 5.91 Å². The molecule has 1 aliphatic rings. The van der Waals surface area contributed by atoms with Crippen molar-refractivity contribution in [3.63, 3.8) is 0 Å². The zero-order valence-electron chi connectivity index (χ0n) is 10.8. The highest BCUT2D eigenvalue weighted by Gasteiger charge is 2.28. The molecule has 1 N–H and O–H groups in total. The molecule has 4 nitrogen and oxygen atoms in total.